The summed E-state index contributed by atoms with van der Waals surface area (Å²) < 4.78 is 20.7. The summed E-state index contributed by atoms with van der Waals surface area (Å²) in [5.41, 5.74) is 7.00. The minimum Gasteiger partial charge on any atom is -0.375 e. The van der Waals surface area contributed by atoms with Gasteiger partial charge < -0.3 is 10.5 Å². The SMILES string of the molecule is NC(c1ccc(Br)cc1F)C1CCOC2(CCC2)C1. The van der Waals surface area contributed by atoms with E-state index in [0.29, 0.717) is 11.5 Å². The normalized spacial score (nSPS) is 27.0. The second-order valence-electron chi connectivity index (χ2n) is 5.83. The third-order valence-electron chi connectivity index (χ3n) is 4.63. The van der Waals surface area contributed by atoms with E-state index >= 15 is 0 Å². The van der Waals surface area contributed by atoms with Gasteiger partial charge in [-0.1, -0.05) is 22.0 Å². The maximum Gasteiger partial charge on any atom is 0.129 e. The first kappa shape index (κ1) is 13.5. The van der Waals surface area contributed by atoms with E-state index in [1.54, 1.807) is 6.07 Å². The predicted molar refractivity (Wildman–Crippen MR) is 76.3 cm³/mol. The topological polar surface area (TPSA) is 35.2 Å². The van der Waals surface area contributed by atoms with Crippen LogP contribution in [0.4, 0.5) is 4.39 Å². The molecule has 2 N–H and O–H groups in total. The third-order valence-corrected chi connectivity index (χ3v) is 5.12. The van der Waals surface area contributed by atoms with Crippen LogP contribution in [0.15, 0.2) is 22.7 Å². The van der Waals surface area contributed by atoms with E-state index in [1.807, 2.05) is 6.07 Å². The van der Waals surface area contributed by atoms with Crippen LogP contribution in [0.3, 0.4) is 0 Å². The van der Waals surface area contributed by atoms with Gasteiger partial charge in [-0.3, -0.25) is 0 Å². The Morgan fingerprint density at radius 1 is 1.42 bits per heavy atom. The van der Waals surface area contributed by atoms with Crippen molar-refractivity contribution in [3.63, 3.8) is 0 Å². The minimum absolute atomic E-state index is 0.0619. The number of rotatable bonds is 2. The summed E-state index contributed by atoms with van der Waals surface area (Å²) in [7, 11) is 0. The Morgan fingerprint density at radius 3 is 2.84 bits per heavy atom. The molecule has 1 heterocycles. The molecular weight excluding hydrogens is 309 g/mol. The van der Waals surface area contributed by atoms with Gasteiger partial charge in [0, 0.05) is 22.7 Å². The zero-order valence-electron chi connectivity index (χ0n) is 10.9. The molecule has 1 spiro atoms. The van der Waals surface area contributed by atoms with Gasteiger partial charge in [-0.25, -0.2) is 4.39 Å². The van der Waals surface area contributed by atoms with E-state index in [4.69, 9.17) is 10.5 Å². The van der Waals surface area contributed by atoms with Crippen molar-refractivity contribution in [1.29, 1.82) is 0 Å². The predicted octanol–water partition coefficient (Wildman–Crippen LogP) is 3.94. The van der Waals surface area contributed by atoms with Crippen LogP contribution < -0.4 is 5.73 Å². The second-order valence-corrected chi connectivity index (χ2v) is 6.75. The highest BCUT2D eigenvalue weighted by molar-refractivity contribution is 9.10. The van der Waals surface area contributed by atoms with E-state index in [1.165, 1.54) is 12.5 Å². The van der Waals surface area contributed by atoms with Crippen molar-refractivity contribution in [2.24, 2.45) is 11.7 Å². The van der Waals surface area contributed by atoms with E-state index < -0.39 is 0 Å². The summed E-state index contributed by atoms with van der Waals surface area (Å²) in [6.45, 7) is 0.760. The average Bonchev–Trinajstić information content (AvgIpc) is 2.36. The molecule has 19 heavy (non-hydrogen) atoms. The molecule has 1 aliphatic carbocycles. The Labute approximate surface area is 121 Å². The summed E-state index contributed by atoms with van der Waals surface area (Å²) in [6.07, 6.45) is 5.43. The number of hydrogen-bond acceptors (Lipinski definition) is 2. The first-order valence-electron chi connectivity index (χ1n) is 6.94. The fourth-order valence-electron chi connectivity index (χ4n) is 3.32. The van der Waals surface area contributed by atoms with E-state index in [2.05, 4.69) is 15.9 Å². The Hall–Kier alpha value is -0.450. The van der Waals surface area contributed by atoms with Crippen molar-refractivity contribution in [2.45, 2.75) is 43.7 Å². The summed E-state index contributed by atoms with van der Waals surface area (Å²) in [4.78, 5) is 0. The molecule has 104 valence electrons. The van der Waals surface area contributed by atoms with Gasteiger partial charge in [0.15, 0.2) is 0 Å². The molecule has 1 aromatic rings. The van der Waals surface area contributed by atoms with E-state index in [0.717, 1.165) is 36.8 Å². The van der Waals surface area contributed by atoms with Crippen molar-refractivity contribution in [2.75, 3.05) is 6.61 Å². The molecule has 2 unspecified atom stereocenters. The number of ether oxygens (including phenoxy) is 1. The van der Waals surface area contributed by atoms with Crippen LogP contribution in [0.25, 0.3) is 0 Å². The van der Waals surface area contributed by atoms with Crippen LogP contribution in [0.1, 0.15) is 43.7 Å². The zero-order chi connectivity index (χ0) is 13.5. The van der Waals surface area contributed by atoms with Gasteiger partial charge in [-0.15, -0.1) is 0 Å². The molecular formula is C15H19BrFNO. The molecule has 4 heteroatoms. The van der Waals surface area contributed by atoms with Gasteiger partial charge >= 0.3 is 0 Å². The fourth-order valence-corrected chi connectivity index (χ4v) is 3.65. The van der Waals surface area contributed by atoms with Crippen LogP contribution in [0.2, 0.25) is 0 Å². The third kappa shape index (κ3) is 2.58. The molecule has 2 atom stereocenters. The first-order valence-corrected chi connectivity index (χ1v) is 7.73. The van der Waals surface area contributed by atoms with Gasteiger partial charge in [0.1, 0.15) is 5.82 Å². The molecule has 0 radical (unpaired) electrons. The van der Waals surface area contributed by atoms with Gasteiger partial charge in [0.2, 0.25) is 0 Å². The molecule has 2 fully saturated rings. The number of hydrogen-bond donors (Lipinski definition) is 1. The average molecular weight is 328 g/mol. The Balaban J connectivity index is 1.77. The van der Waals surface area contributed by atoms with Crippen molar-refractivity contribution >= 4 is 15.9 Å². The highest BCUT2D eigenvalue weighted by Gasteiger charge is 2.44. The van der Waals surface area contributed by atoms with Crippen molar-refractivity contribution in [3.8, 4) is 0 Å². The number of nitrogens with two attached hydrogens (primary N) is 1. The monoisotopic (exact) mass is 327 g/mol. The van der Waals surface area contributed by atoms with Crippen LogP contribution in [-0.2, 0) is 4.74 Å². The quantitative estimate of drug-likeness (QED) is 0.892. The molecule has 2 aliphatic rings. The lowest BCUT2D eigenvalue weighted by molar-refractivity contribution is -0.146. The van der Waals surface area contributed by atoms with Gasteiger partial charge in [0.05, 0.1) is 5.60 Å². The summed E-state index contributed by atoms with van der Waals surface area (Å²) >= 11 is 3.28. The largest absolute Gasteiger partial charge is 0.375 e. The Morgan fingerprint density at radius 2 is 2.21 bits per heavy atom. The van der Waals surface area contributed by atoms with Crippen LogP contribution in [-0.4, -0.2) is 12.2 Å². The van der Waals surface area contributed by atoms with Crippen LogP contribution in [0.5, 0.6) is 0 Å². The fraction of sp³-hybridized carbons (Fsp3) is 0.600. The lowest BCUT2D eigenvalue weighted by Gasteiger charge is -2.48. The second kappa shape index (κ2) is 5.15. The highest BCUT2D eigenvalue weighted by Crippen LogP contribution is 2.46. The van der Waals surface area contributed by atoms with Crippen LogP contribution >= 0.6 is 15.9 Å². The Kier molecular flexibility index (Phi) is 3.67. The maximum atomic E-state index is 14.0. The van der Waals surface area contributed by atoms with Gasteiger partial charge in [-0.05, 0) is 50.2 Å². The molecule has 2 nitrogen and oxygen atoms in total. The van der Waals surface area contributed by atoms with Gasteiger partial charge in [0.25, 0.3) is 0 Å². The molecule has 1 aromatic carbocycles. The molecule has 1 saturated carbocycles. The Bertz CT molecular complexity index is 475. The molecule has 1 saturated heterocycles. The smallest absolute Gasteiger partial charge is 0.129 e. The summed E-state index contributed by atoms with van der Waals surface area (Å²) in [6, 6.07) is 4.92. The summed E-state index contributed by atoms with van der Waals surface area (Å²) in [5.74, 6) is 0.112. The molecule has 0 bridgehead atoms. The van der Waals surface area contributed by atoms with Crippen LogP contribution in [0, 0.1) is 11.7 Å². The van der Waals surface area contributed by atoms with Crippen molar-refractivity contribution < 1.29 is 9.13 Å². The standard InChI is InChI=1S/C15H19BrFNO/c16-11-2-3-12(13(17)8-11)14(18)10-4-7-19-15(9-10)5-1-6-15/h2-3,8,10,14H,1,4-7,9,18H2. The maximum absolute atomic E-state index is 14.0. The highest BCUT2D eigenvalue weighted by atomic mass is 79.9. The molecule has 0 aromatic heterocycles. The zero-order valence-corrected chi connectivity index (χ0v) is 12.5. The first-order chi connectivity index (χ1) is 9.10. The van der Waals surface area contributed by atoms with Crippen molar-refractivity contribution in [3.05, 3.63) is 34.1 Å². The molecule has 0 amide bonds. The molecule has 1 aliphatic heterocycles. The van der Waals surface area contributed by atoms with E-state index in [9.17, 15) is 4.39 Å². The van der Waals surface area contributed by atoms with Crippen molar-refractivity contribution in [1.82, 2.24) is 0 Å². The summed E-state index contributed by atoms with van der Waals surface area (Å²) in [5, 5.41) is 0. The number of benzene rings is 1. The minimum atomic E-state index is -0.227. The van der Waals surface area contributed by atoms with E-state index in [-0.39, 0.29) is 17.5 Å². The lowest BCUT2D eigenvalue weighted by atomic mass is 9.70. The lowest BCUT2D eigenvalue weighted by Crippen LogP contribution is -2.47. The number of halogens is 2. The molecule has 3 rings (SSSR count). The van der Waals surface area contributed by atoms with Gasteiger partial charge in [-0.2, -0.15) is 0 Å².